The summed E-state index contributed by atoms with van der Waals surface area (Å²) in [7, 11) is 0. The average molecular weight is 245 g/mol. The maximum Gasteiger partial charge on any atom is 0.0775 e. The first-order valence-corrected chi connectivity index (χ1v) is 7.31. The summed E-state index contributed by atoms with van der Waals surface area (Å²) in [5.74, 6) is 0.852. The van der Waals surface area contributed by atoms with Gasteiger partial charge in [-0.05, 0) is 36.3 Å². The Morgan fingerprint density at radius 1 is 1.33 bits per heavy atom. The summed E-state index contributed by atoms with van der Waals surface area (Å²) in [5.41, 5.74) is 2.63. The molecule has 0 bridgehead atoms. The van der Waals surface area contributed by atoms with Gasteiger partial charge in [0, 0.05) is 12.5 Å². The molecule has 3 rings (SSSR count). The van der Waals surface area contributed by atoms with Gasteiger partial charge in [-0.25, -0.2) is 0 Å². The highest BCUT2D eigenvalue weighted by molar-refractivity contribution is 5.36. The lowest BCUT2D eigenvalue weighted by atomic mass is 10.0. The van der Waals surface area contributed by atoms with Crippen molar-refractivity contribution in [2.45, 2.75) is 57.2 Å². The van der Waals surface area contributed by atoms with Gasteiger partial charge in [-0.1, -0.05) is 37.6 Å². The smallest absolute Gasteiger partial charge is 0.0775 e. The molecule has 0 heterocycles. The van der Waals surface area contributed by atoms with Gasteiger partial charge in [0.1, 0.15) is 0 Å². The molecule has 3 unspecified atom stereocenters. The van der Waals surface area contributed by atoms with E-state index in [0.717, 1.165) is 12.3 Å². The van der Waals surface area contributed by atoms with E-state index < -0.39 is 0 Å². The first kappa shape index (κ1) is 12.2. The zero-order valence-corrected chi connectivity index (χ0v) is 11.1. The molecule has 2 heteroatoms. The third-order valence-corrected chi connectivity index (χ3v) is 4.39. The fourth-order valence-electron chi connectivity index (χ4n) is 3.27. The third-order valence-electron chi connectivity index (χ3n) is 4.39. The fraction of sp³-hybridized carbons (Fsp3) is 0.625. The van der Waals surface area contributed by atoms with Crippen molar-refractivity contribution in [1.29, 1.82) is 0 Å². The van der Waals surface area contributed by atoms with Gasteiger partial charge in [0.15, 0.2) is 0 Å². The largest absolute Gasteiger partial charge is 0.391 e. The van der Waals surface area contributed by atoms with Crippen LogP contribution in [0.5, 0.6) is 0 Å². The Hall–Kier alpha value is -0.860. The molecule has 0 aromatic heterocycles. The number of hydrogen-bond donors (Lipinski definition) is 2. The van der Waals surface area contributed by atoms with E-state index in [9.17, 15) is 5.11 Å². The molecule has 1 saturated carbocycles. The lowest BCUT2D eigenvalue weighted by Crippen LogP contribution is -2.38. The van der Waals surface area contributed by atoms with Gasteiger partial charge in [0.2, 0.25) is 0 Å². The second-order valence-electron chi connectivity index (χ2n) is 5.85. The van der Waals surface area contributed by atoms with Crippen LogP contribution in [0, 0.1) is 5.92 Å². The van der Waals surface area contributed by atoms with E-state index in [1.54, 1.807) is 0 Å². The summed E-state index contributed by atoms with van der Waals surface area (Å²) in [4.78, 5) is 0. The molecule has 2 aliphatic carbocycles. The summed E-state index contributed by atoms with van der Waals surface area (Å²) in [6, 6.07) is 9.21. The van der Waals surface area contributed by atoms with Crippen molar-refractivity contribution in [3.05, 3.63) is 35.4 Å². The summed E-state index contributed by atoms with van der Waals surface area (Å²) in [6.45, 7) is 2.25. The molecule has 1 aromatic rings. The maximum absolute atomic E-state index is 10.3. The number of rotatable bonds is 5. The number of benzene rings is 1. The van der Waals surface area contributed by atoms with Gasteiger partial charge in [-0.15, -0.1) is 0 Å². The highest BCUT2D eigenvalue weighted by Crippen LogP contribution is 2.38. The molecule has 1 fully saturated rings. The first-order valence-electron chi connectivity index (χ1n) is 7.31. The van der Waals surface area contributed by atoms with Crippen LogP contribution in [0.4, 0.5) is 0 Å². The van der Waals surface area contributed by atoms with Crippen LogP contribution < -0.4 is 5.32 Å². The minimum Gasteiger partial charge on any atom is -0.391 e. The van der Waals surface area contributed by atoms with Crippen molar-refractivity contribution in [2.75, 3.05) is 0 Å². The Labute approximate surface area is 109 Å². The van der Waals surface area contributed by atoms with Crippen molar-refractivity contribution >= 4 is 0 Å². The Balaban J connectivity index is 1.75. The van der Waals surface area contributed by atoms with Crippen LogP contribution >= 0.6 is 0 Å². The van der Waals surface area contributed by atoms with Gasteiger partial charge >= 0.3 is 0 Å². The highest BCUT2D eigenvalue weighted by atomic mass is 16.3. The minimum atomic E-state index is -0.250. The molecule has 2 N–H and O–H groups in total. The van der Waals surface area contributed by atoms with Crippen LogP contribution in [0.3, 0.4) is 0 Å². The van der Waals surface area contributed by atoms with Crippen molar-refractivity contribution in [3.8, 4) is 0 Å². The van der Waals surface area contributed by atoms with Crippen molar-refractivity contribution in [3.63, 3.8) is 0 Å². The first-order chi connectivity index (χ1) is 8.79. The van der Waals surface area contributed by atoms with Gasteiger partial charge in [-0.2, -0.15) is 0 Å². The van der Waals surface area contributed by atoms with E-state index in [-0.39, 0.29) is 12.1 Å². The molecule has 0 spiro atoms. The highest BCUT2D eigenvalue weighted by Gasteiger charge is 2.36. The van der Waals surface area contributed by atoms with Gasteiger partial charge < -0.3 is 10.4 Å². The van der Waals surface area contributed by atoms with Gasteiger partial charge in [0.25, 0.3) is 0 Å². The van der Waals surface area contributed by atoms with Crippen molar-refractivity contribution in [1.82, 2.24) is 5.32 Å². The molecule has 0 aliphatic heterocycles. The van der Waals surface area contributed by atoms with E-state index in [0.29, 0.717) is 6.04 Å². The van der Waals surface area contributed by atoms with Crippen LogP contribution in [0.2, 0.25) is 0 Å². The van der Waals surface area contributed by atoms with Gasteiger partial charge in [0.05, 0.1) is 12.1 Å². The molecule has 18 heavy (non-hydrogen) atoms. The molecule has 98 valence electrons. The SMILES string of the molecule is CCCC(NC1c2ccccc2CC1O)C1CC1. The molecule has 2 nitrogen and oxygen atoms in total. The molecule has 1 aromatic carbocycles. The molecular formula is C16H23NO. The maximum atomic E-state index is 10.3. The lowest BCUT2D eigenvalue weighted by Gasteiger charge is -2.25. The second-order valence-corrected chi connectivity index (χ2v) is 5.85. The monoisotopic (exact) mass is 245 g/mol. The normalized spacial score (nSPS) is 28.1. The van der Waals surface area contributed by atoms with Gasteiger partial charge in [-0.3, -0.25) is 0 Å². The summed E-state index contributed by atoms with van der Waals surface area (Å²) in [5, 5.41) is 14.0. The molecule has 0 saturated heterocycles. The predicted octanol–water partition coefficient (Wildman–Crippen LogP) is 2.81. The number of nitrogens with one attached hydrogen (secondary N) is 1. The fourth-order valence-corrected chi connectivity index (χ4v) is 3.27. The van der Waals surface area contributed by atoms with E-state index in [1.807, 2.05) is 0 Å². The summed E-state index contributed by atoms with van der Waals surface area (Å²) >= 11 is 0. The Kier molecular flexibility index (Phi) is 3.40. The molecule has 2 aliphatic rings. The number of fused-ring (bicyclic) bond motifs is 1. The van der Waals surface area contributed by atoms with Crippen molar-refractivity contribution in [2.24, 2.45) is 5.92 Å². The van der Waals surface area contributed by atoms with Crippen LogP contribution in [-0.4, -0.2) is 17.3 Å². The number of aliphatic hydroxyl groups excluding tert-OH is 1. The zero-order chi connectivity index (χ0) is 12.5. The Morgan fingerprint density at radius 2 is 2.11 bits per heavy atom. The molecule has 0 amide bonds. The van der Waals surface area contributed by atoms with E-state index in [1.165, 1.54) is 36.8 Å². The molecule has 0 radical (unpaired) electrons. The third kappa shape index (κ3) is 2.32. The van der Waals surface area contributed by atoms with Crippen LogP contribution in [-0.2, 0) is 6.42 Å². The summed E-state index contributed by atoms with van der Waals surface area (Å²) < 4.78 is 0. The number of aliphatic hydroxyl groups is 1. The second kappa shape index (κ2) is 5.02. The topological polar surface area (TPSA) is 32.3 Å². The Bertz CT molecular complexity index is 413. The van der Waals surface area contributed by atoms with Crippen LogP contribution in [0.15, 0.2) is 24.3 Å². The average Bonchev–Trinajstić information content (AvgIpc) is 3.15. The predicted molar refractivity (Wildman–Crippen MR) is 73.4 cm³/mol. The van der Waals surface area contributed by atoms with E-state index in [4.69, 9.17) is 0 Å². The van der Waals surface area contributed by atoms with Crippen LogP contribution in [0.25, 0.3) is 0 Å². The van der Waals surface area contributed by atoms with Crippen molar-refractivity contribution < 1.29 is 5.11 Å². The molecular weight excluding hydrogens is 222 g/mol. The van der Waals surface area contributed by atoms with E-state index >= 15 is 0 Å². The minimum absolute atomic E-state index is 0.151. The molecule has 3 atom stereocenters. The Morgan fingerprint density at radius 3 is 2.83 bits per heavy atom. The quantitative estimate of drug-likeness (QED) is 0.836. The zero-order valence-electron chi connectivity index (χ0n) is 11.1. The number of hydrogen-bond acceptors (Lipinski definition) is 2. The van der Waals surface area contributed by atoms with Crippen LogP contribution in [0.1, 0.15) is 49.8 Å². The van der Waals surface area contributed by atoms with E-state index in [2.05, 4.69) is 36.5 Å². The summed E-state index contributed by atoms with van der Waals surface area (Å²) in [6.07, 6.45) is 5.73. The lowest BCUT2D eigenvalue weighted by molar-refractivity contribution is 0.131. The standard InChI is InChI=1S/C16H23NO/c1-2-5-14(11-8-9-11)17-16-13-7-4-3-6-12(13)10-15(16)18/h3-4,6-7,11,14-18H,2,5,8-10H2,1H3.